The molecule has 0 spiro atoms. The lowest BCUT2D eigenvalue weighted by atomic mass is 10.2. The SMILES string of the molecule is CCNc1nc(C(C)C)nc(Nc2ccc(Br)cc2)c1C. The highest BCUT2D eigenvalue weighted by atomic mass is 79.9. The number of hydrogen-bond acceptors (Lipinski definition) is 4. The van der Waals surface area contributed by atoms with Crippen molar-refractivity contribution in [3.05, 3.63) is 40.1 Å². The Morgan fingerprint density at radius 3 is 2.29 bits per heavy atom. The van der Waals surface area contributed by atoms with Crippen molar-refractivity contribution in [3.63, 3.8) is 0 Å². The van der Waals surface area contributed by atoms with Crippen LogP contribution in [-0.4, -0.2) is 16.5 Å². The van der Waals surface area contributed by atoms with Gasteiger partial charge >= 0.3 is 0 Å². The Morgan fingerprint density at radius 1 is 1.10 bits per heavy atom. The minimum atomic E-state index is 0.286. The highest BCUT2D eigenvalue weighted by Crippen LogP contribution is 2.26. The lowest BCUT2D eigenvalue weighted by molar-refractivity contribution is 0.774. The average molecular weight is 349 g/mol. The van der Waals surface area contributed by atoms with Gasteiger partial charge in [0.2, 0.25) is 0 Å². The second kappa shape index (κ2) is 6.89. The third kappa shape index (κ3) is 3.94. The molecule has 1 heterocycles. The minimum Gasteiger partial charge on any atom is -0.370 e. The number of rotatable bonds is 5. The maximum atomic E-state index is 4.66. The quantitative estimate of drug-likeness (QED) is 0.810. The van der Waals surface area contributed by atoms with E-state index in [1.54, 1.807) is 0 Å². The molecule has 2 rings (SSSR count). The van der Waals surface area contributed by atoms with Crippen LogP contribution in [-0.2, 0) is 0 Å². The number of hydrogen-bond donors (Lipinski definition) is 2. The van der Waals surface area contributed by atoms with Crippen molar-refractivity contribution >= 4 is 33.3 Å². The van der Waals surface area contributed by atoms with Gasteiger partial charge in [-0.3, -0.25) is 0 Å². The Labute approximate surface area is 134 Å². The number of nitrogens with one attached hydrogen (secondary N) is 2. The predicted molar refractivity (Wildman–Crippen MR) is 92.4 cm³/mol. The third-order valence-electron chi connectivity index (χ3n) is 3.13. The second-order valence-electron chi connectivity index (χ2n) is 5.22. The van der Waals surface area contributed by atoms with Crippen molar-refractivity contribution in [3.8, 4) is 0 Å². The van der Waals surface area contributed by atoms with E-state index in [2.05, 4.69) is 57.3 Å². The van der Waals surface area contributed by atoms with Gasteiger partial charge in [-0.15, -0.1) is 0 Å². The van der Waals surface area contributed by atoms with E-state index >= 15 is 0 Å². The Bertz CT molecular complexity index is 608. The largest absolute Gasteiger partial charge is 0.370 e. The summed E-state index contributed by atoms with van der Waals surface area (Å²) in [6.07, 6.45) is 0. The van der Waals surface area contributed by atoms with E-state index in [-0.39, 0.29) is 5.92 Å². The molecule has 0 aliphatic carbocycles. The van der Waals surface area contributed by atoms with Gasteiger partial charge in [0.05, 0.1) is 0 Å². The fourth-order valence-electron chi connectivity index (χ4n) is 1.92. The first-order chi connectivity index (χ1) is 10.0. The summed E-state index contributed by atoms with van der Waals surface area (Å²) in [5.74, 6) is 2.88. The maximum absolute atomic E-state index is 4.66. The molecule has 0 fully saturated rings. The van der Waals surface area contributed by atoms with Crippen LogP contribution in [0.25, 0.3) is 0 Å². The molecular weight excluding hydrogens is 328 g/mol. The van der Waals surface area contributed by atoms with Crippen molar-refractivity contribution in [2.45, 2.75) is 33.6 Å². The zero-order valence-corrected chi connectivity index (χ0v) is 14.5. The maximum Gasteiger partial charge on any atom is 0.139 e. The van der Waals surface area contributed by atoms with E-state index in [9.17, 15) is 0 Å². The van der Waals surface area contributed by atoms with Gasteiger partial charge in [-0.1, -0.05) is 29.8 Å². The van der Waals surface area contributed by atoms with E-state index in [0.717, 1.165) is 39.7 Å². The van der Waals surface area contributed by atoms with Gasteiger partial charge in [-0.25, -0.2) is 9.97 Å². The monoisotopic (exact) mass is 348 g/mol. The fourth-order valence-corrected chi connectivity index (χ4v) is 2.19. The zero-order chi connectivity index (χ0) is 15.4. The fraction of sp³-hybridized carbons (Fsp3) is 0.375. The molecule has 1 aromatic carbocycles. The molecule has 21 heavy (non-hydrogen) atoms. The summed E-state index contributed by atoms with van der Waals surface area (Å²) in [7, 11) is 0. The lowest BCUT2D eigenvalue weighted by Crippen LogP contribution is -2.10. The highest BCUT2D eigenvalue weighted by molar-refractivity contribution is 9.10. The van der Waals surface area contributed by atoms with E-state index < -0.39 is 0 Å². The highest BCUT2D eigenvalue weighted by Gasteiger charge is 2.12. The minimum absolute atomic E-state index is 0.286. The molecule has 2 aromatic rings. The molecule has 112 valence electrons. The van der Waals surface area contributed by atoms with Gasteiger partial charge < -0.3 is 10.6 Å². The van der Waals surface area contributed by atoms with Crippen LogP contribution in [0.3, 0.4) is 0 Å². The molecule has 0 aliphatic heterocycles. The smallest absolute Gasteiger partial charge is 0.139 e. The van der Waals surface area contributed by atoms with Crippen LogP contribution in [0.4, 0.5) is 17.3 Å². The van der Waals surface area contributed by atoms with Crippen LogP contribution < -0.4 is 10.6 Å². The Hall–Kier alpha value is -1.62. The van der Waals surface area contributed by atoms with Gasteiger partial charge in [-0.05, 0) is 38.1 Å². The lowest BCUT2D eigenvalue weighted by Gasteiger charge is -2.16. The zero-order valence-electron chi connectivity index (χ0n) is 12.9. The molecule has 4 nitrogen and oxygen atoms in total. The van der Waals surface area contributed by atoms with Crippen LogP contribution in [0, 0.1) is 6.92 Å². The first kappa shape index (κ1) is 15.8. The second-order valence-corrected chi connectivity index (χ2v) is 6.14. The van der Waals surface area contributed by atoms with Crippen molar-refractivity contribution in [1.82, 2.24) is 9.97 Å². The van der Waals surface area contributed by atoms with E-state index in [1.165, 1.54) is 0 Å². The Morgan fingerprint density at radius 2 is 1.71 bits per heavy atom. The van der Waals surface area contributed by atoms with E-state index in [1.807, 2.05) is 31.2 Å². The molecule has 0 unspecified atom stereocenters. The Kier molecular flexibility index (Phi) is 5.17. The van der Waals surface area contributed by atoms with Crippen LogP contribution in [0.15, 0.2) is 28.7 Å². The summed E-state index contributed by atoms with van der Waals surface area (Å²) in [6.45, 7) is 9.14. The van der Waals surface area contributed by atoms with Gasteiger partial charge in [0.15, 0.2) is 0 Å². The van der Waals surface area contributed by atoms with E-state index in [4.69, 9.17) is 0 Å². The molecule has 0 bridgehead atoms. The summed E-state index contributed by atoms with van der Waals surface area (Å²) in [6, 6.07) is 8.06. The summed E-state index contributed by atoms with van der Waals surface area (Å²) >= 11 is 3.44. The number of anilines is 3. The molecule has 0 aliphatic rings. The molecule has 0 saturated heterocycles. The normalized spacial score (nSPS) is 10.8. The predicted octanol–water partition coefficient (Wildman–Crippen LogP) is 4.85. The topological polar surface area (TPSA) is 49.8 Å². The molecule has 0 radical (unpaired) electrons. The summed E-state index contributed by atoms with van der Waals surface area (Å²) in [5.41, 5.74) is 2.04. The summed E-state index contributed by atoms with van der Waals surface area (Å²) < 4.78 is 1.06. The van der Waals surface area contributed by atoms with Crippen LogP contribution in [0.5, 0.6) is 0 Å². The van der Waals surface area contributed by atoms with Crippen LogP contribution in [0.1, 0.15) is 38.1 Å². The van der Waals surface area contributed by atoms with Crippen LogP contribution in [0.2, 0.25) is 0 Å². The standard InChI is InChI=1S/C16H21BrN4/c1-5-18-15-11(4)16(21-14(20-15)10(2)3)19-13-8-6-12(17)7-9-13/h6-10H,5H2,1-4H3,(H2,18,19,20,21). The van der Waals surface area contributed by atoms with Crippen molar-refractivity contribution < 1.29 is 0 Å². The van der Waals surface area contributed by atoms with Crippen molar-refractivity contribution in [1.29, 1.82) is 0 Å². The number of benzene rings is 1. The van der Waals surface area contributed by atoms with Crippen LogP contribution >= 0.6 is 15.9 Å². The molecule has 2 N–H and O–H groups in total. The van der Waals surface area contributed by atoms with Gasteiger partial charge in [0, 0.05) is 28.2 Å². The first-order valence-electron chi connectivity index (χ1n) is 7.16. The Balaban J connectivity index is 2.38. The molecule has 0 saturated carbocycles. The van der Waals surface area contributed by atoms with Crippen molar-refractivity contribution in [2.24, 2.45) is 0 Å². The molecule has 0 atom stereocenters. The molecule has 0 amide bonds. The number of aromatic nitrogens is 2. The van der Waals surface area contributed by atoms with Crippen molar-refractivity contribution in [2.75, 3.05) is 17.2 Å². The summed E-state index contributed by atoms with van der Waals surface area (Å²) in [5, 5.41) is 6.69. The van der Waals surface area contributed by atoms with Gasteiger partial charge in [0.1, 0.15) is 17.5 Å². The molecular formula is C16H21BrN4. The molecule has 1 aromatic heterocycles. The molecule has 5 heteroatoms. The average Bonchev–Trinajstić information content (AvgIpc) is 2.45. The third-order valence-corrected chi connectivity index (χ3v) is 3.66. The van der Waals surface area contributed by atoms with E-state index in [0.29, 0.717) is 0 Å². The summed E-state index contributed by atoms with van der Waals surface area (Å²) in [4.78, 5) is 9.27. The number of halogens is 1. The van der Waals surface area contributed by atoms with Gasteiger partial charge in [0.25, 0.3) is 0 Å². The first-order valence-corrected chi connectivity index (χ1v) is 7.95. The van der Waals surface area contributed by atoms with Gasteiger partial charge in [-0.2, -0.15) is 0 Å². The number of nitrogens with zero attached hydrogens (tertiary/aromatic N) is 2.